The molecule has 1 unspecified atom stereocenters. The molecule has 0 N–H and O–H groups in total. The zero-order valence-corrected chi connectivity index (χ0v) is 13.1. The number of hydrogen-bond acceptors (Lipinski definition) is 3. The van der Waals surface area contributed by atoms with Gasteiger partial charge in [0.25, 0.3) is 0 Å². The molecule has 0 aromatic heterocycles. The average molecular weight is 289 g/mol. The number of benzene rings is 1. The minimum absolute atomic E-state index is 0.122. The highest BCUT2D eigenvalue weighted by Crippen LogP contribution is 2.13. The number of likely N-dealkylation sites (tertiary alicyclic amines) is 1. The molecule has 0 aliphatic carbocycles. The molecule has 21 heavy (non-hydrogen) atoms. The lowest BCUT2D eigenvalue weighted by molar-refractivity contribution is 0.0214. The molecule has 1 aromatic carbocycles. The molecule has 116 valence electrons. The van der Waals surface area contributed by atoms with Crippen LogP contribution in [0.5, 0.6) is 0 Å². The maximum absolute atomic E-state index is 12.7. The van der Waals surface area contributed by atoms with E-state index < -0.39 is 0 Å². The second kappa shape index (κ2) is 8.96. The molecule has 1 aliphatic heterocycles. The zero-order chi connectivity index (χ0) is 14.9. The lowest BCUT2D eigenvalue weighted by Crippen LogP contribution is -2.41. The van der Waals surface area contributed by atoms with Crippen LogP contribution < -0.4 is 0 Å². The number of ether oxygens (including phenoxy) is 1. The minimum atomic E-state index is -0.322. The van der Waals surface area contributed by atoms with Crippen LogP contribution in [0.4, 0.5) is 0 Å². The molecule has 1 saturated heterocycles. The van der Waals surface area contributed by atoms with Crippen molar-refractivity contribution in [1.29, 1.82) is 0 Å². The molecule has 3 heteroatoms. The standard InChI is InChI=1S/C18H27NO2/c1-2-3-14-21-17(15-19-12-8-5-9-13-19)18(20)16-10-6-4-7-11-16/h4,6-7,10-11,17H,2-3,5,8-9,12-15H2,1H3. The molecule has 1 heterocycles. The highest BCUT2D eigenvalue weighted by Gasteiger charge is 2.24. The van der Waals surface area contributed by atoms with E-state index in [0.29, 0.717) is 6.61 Å². The van der Waals surface area contributed by atoms with E-state index in [0.717, 1.165) is 38.0 Å². The number of carbonyl (C=O) groups excluding carboxylic acids is 1. The Hall–Kier alpha value is -1.19. The van der Waals surface area contributed by atoms with Crippen molar-refractivity contribution in [3.05, 3.63) is 35.9 Å². The first-order valence-electron chi connectivity index (χ1n) is 8.24. The number of hydrogen-bond donors (Lipinski definition) is 0. The maximum atomic E-state index is 12.7. The number of nitrogens with zero attached hydrogens (tertiary/aromatic N) is 1. The summed E-state index contributed by atoms with van der Waals surface area (Å²) >= 11 is 0. The van der Waals surface area contributed by atoms with Gasteiger partial charge in [-0.3, -0.25) is 4.79 Å². The molecule has 0 bridgehead atoms. The van der Waals surface area contributed by atoms with E-state index in [1.54, 1.807) is 0 Å². The first-order valence-corrected chi connectivity index (χ1v) is 8.24. The van der Waals surface area contributed by atoms with Crippen LogP contribution >= 0.6 is 0 Å². The highest BCUT2D eigenvalue weighted by atomic mass is 16.5. The van der Waals surface area contributed by atoms with Gasteiger partial charge in [0.1, 0.15) is 6.10 Å². The molecule has 1 atom stereocenters. The summed E-state index contributed by atoms with van der Waals surface area (Å²) in [5, 5.41) is 0. The van der Waals surface area contributed by atoms with Crippen LogP contribution in [0.25, 0.3) is 0 Å². The van der Waals surface area contributed by atoms with E-state index in [4.69, 9.17) is 4.74 Å². The summed E-state index contributed by atoms with van der Waals surface area (Å²) in [5.74, 6) is 0.122. The van der Waals surface area contributed by atoms with E-state index in [2.05, 4.69) is 11.8 Å². The minimum Gasteiger partial charge on any atom is -0.369 e. The number of Topliss-reactive ketones (excluding diaryl/α,β-unsaturated/α-hetero) is 1. The Balaban J connectivity index is 1.98. The second-order valence-corrected chi connectivity index (χ2v) is 5.80. The normalized spacial score (nSPS) is 17.6. The summed E-state index contributed by atoms with van der Waals surface area (Å²) < 4.78 is 5.91. The number of piperidine rings is 1. The Morgan fingerprint density at radius 1 is 1.19 bits per heavy atom. The Morgan fingerprint density at radius 2 is 1.90 bits per heavy atom. The lowest BCUT2D eigenvalue weighted by Gasteiger charge is -2.30. The first-order chi connectivity index (χ1) is 10.3. The predicted octanol–water partition coefficient (Wildman–Crippen LogP) is 3.54. The summed E-state index contributed by atoms with van der Waals surface area (Å²) in [4.78, 5) is 15.0. The van der Waals surface area contributed by atoms with Crippen molar-refractivity contribution in [3.63, 3.8) is 0 Å². The van der Waals surface area contributed by atoms with Gasteiger partial charge in [-0.2, -0.15) is 0 Å². The molecular weight excluding hydrogens is 262 g/mol. The van der Waals surface area contributed by atoms with Gasteiger partial charge in [-0.15, -0.1) is 0 Å². The number of unbranched alkanes of at least 4 members (excludes halogenated alkanes) is 1. The van der Waals surface area contributed by atoms with Gasteiger partial charge in [0.2, 0.25) is 0 Å². The topological polar surface area (TPSA) is 29.5 Å². The van der Waals surface area contributed by atoms with E-state index >= 15 is 0 Å². The van der Waals surface area contributed by atoms with Crippen LogP contribution in [0.15, 0.2) is 30.3 Å². The van der Waals surface area contributed by atoms with Crippen molar-refractivity contribution in [2.75, 3.05) is 26.2 Å². The number of ketones is 1. The van der Waals surface area contributed by atoms with Gasteiger partial charge in [0, 0.05) is 18.7 Å². The molecule has 0 spiro atoms. The van der Waals surface area contributed by atoms with Crippen LogP contribution in [0, 0.1) is 0 Å². The molecular formula is C18H27NO2. The Morgan fingerprint density at radius 3 is 2.57 bits per heavy atom. The summed E-state index contributed by atoms with van der Waals surface area (Å²) in [6.45, 7) is 5.73. The van der Waals surface area contributed by atoms with Crippen molar-refractivity contribution >= 4 is 5.78 Å². The maximum Gasteiger partial charge on any atom is 0.192 e. The fraction of sp³-hybridized carbons (Fsp3) is 0.611. The molecule has 1 fully saturated rings. The Labute approximate surface area is 128 Å². The quantitative estimate of drug-likeness (QED) is 0.541. The smallest absolute Gasteiger partial charge is 0.192 e. The second-order valence-electron chi connectivity index (χ2n) is 5.80. The lowest BCUT2D eigenvalue weighted by atomic mass is 10.0. The van der Waals surface area contributed by atoms with Crippen LogP contribution in [0.2, 0.25) is 0 Å². The van der Waals surface area contributed by atoms with Crippen molar-refractivity contribution in [3.8, 4) is 0 Å². The third kappa shape index (κ3) is 5.25. The van der Waals surface area contributed by atoms with Crippen molar-refractivity contribution < 1.29 is 9.53 Å². The monoisotopic (exact) mass is 289 g/mol. The van der Waals surface area contributed by atoms with E-state index in [1.165, 1.54) is 19.3 Å². The van der Waals surface area contributed by atoms with E-state index in [-0.39, 0.29) is 11.9 Å². The zero-order valence-electron chi connectivity index (χ0n) is 13.1. The van der Waals surface area contributed by atoms with Gasteiger partial charge in [-0.05, 0) is 32.4 Å². The summed E-state index contributed by atoms with van der Waals surface area (Å²) in [6, 6.07) is 9.53. The molecule has 2 rings (SSSR count). The largest absolute Gasteiger partial charge is 0.369 e. The molecule has 0 amide bonds. The Bertz CT molecular complexity index is 412. The third-order valence-corrected chi connectivity index (χ3v) is 4.04. The van der Waals surface area contributed by atoms with Crippen molar-refractivity contribution in [1.82, 2.24) is 4.90 Å². The van der Waals surface area contributed by atoms with E-state index in [9.17, 15) is 4.79 Å². The molecule has 0 saturated carbocycles. The molecule has 1 aromatic rings. The molecule has 1 aliphatic rings. The van der Waals surface area contributed by atoms with Gasteiger partial charge in [0.15, 0.2) is 5.78 Å². The van der Waals surface area contributed by atoms with Gasteiger partial charge < -0.3 is 9.64 Å². The van der Waals surface area contributed by atoms with E-state index in [1.807, 2.05) is 30.3 Å². The summed E-state index contributed by atoms with van der Waals surface area (Å²) in [5.41, 5.74) is 0.760. The predicted molar refractivity (Wildman–Crippen MR) is 85.7 cm³/mol. The summed E-state index contributed by atoms with van der Waals surface area (Å²) in [7, 11) is 0. The van der Waals surface area contributed by atoms with Gasteiger partial charge in [-0.25, -0.2) is 0 Å². The molecule has 0 radical (unpaired) electrons. The SMILES string of the molecule is CCCCOC(CN1CCCCC1)C(=O)c1ccccc1. The van der Waals surface area contributed by atoms with Crippen molar-refractivity contribution in [2.45, 2.75) is 45.1 Å². The average Bonchev–Trinajstić information content (AvgIpc) is 2.55. The van der Waals surface area contributed by atoms with Crippen LogP contribution in [-0.4, -0.2) is 43.0 Å². The van der Waals surface area contributed by atoms with Crippen molar-refractivity contribution in [2.24, 2.45) is 0 Å². The fourth-order valence-electron chi connectivity index (χ4n) is 2.75. The van der Waals surface area contributed by atoms with Gasteiger partial charge in [0.05, 0.1) is 0 Å². The fourth-order valence-corrected chi connectivity index (χ4v) is 2.75. The summed E-state index contributed by atoms with van der Waals surface area (Å²) in [6.07, 6.45) is 5.57. The third-order valence-electron chi connectivity index (χ3n) is 4.04. The van der Waals surface area contributed by atoms with Crippen LogP contribution in [-0.2, 0) is 4.74 Å². The molecule has 3 nitrogen and oxygen atoms in total. The number of rotatable bonds is 8. The van der Waals surface area contributed by atoms with Gasteiger partial charge in [-0.1, -0.05) is 50.1 Å². The Kier molecular flexibility index (Phi) is 6.90. The first kappa shape index (κ1) is 16.2. The van der Waals surface area contributed by atoms with Gasteiger partial charge >= 0.3 is 0 Å². The van der Waals surface area contributed by atoms with Crippen LogP contribution in [0.1, 0.15) is 49.4 Å². The van der Waals surface area contributed by atoms with Crippen LogP contribution in [0.3, 0.4) is 0 Å². The number of carbonyl (C=O) groups is 1. The highest BCUT2D eigenvalue weighted by molar-refractivity contribution is 5.99.